The number of likely N-dealkylation sites (N-methyl/N-ethyl adjacent to an activating group) is 1. The molecule has 3 heteroatoms. The Bertz CT molecular complexity index is 128. The lowest BCUT2D eigenvalue weighted by Gasteiger charge is -2.22. The van der Waals surface area contributed by atoms with Crippen LogP contribution in [-0.4, -0.2) is 48.8 Å². The van der Waals surface area contributed by atoms with Crippen molar-refractivity contribution >= 4 is 0 Å². The summed E-state index contributed by atoms with van der Waals surface area (Å²) in [5.74, 6) is 0. The summed E-state index contributed by atoms with van der Waals surface area (Å²) in [6.07, 6.45) is 1.95. The van der Waals surface area contributed by atoms with Crippen molar-refractivity contribution < 1.29 is 5.11 Å². The van der Waals surface area contributed by atoms with Gasteiger partial charge in [0.1, 0.15) is 0 Å². The molecule has 2 N–H and O–H groups in total. The maximum atomic E-state index is 8.67. The van der Waals surface area contributed by atoms with Crippen LogP contribution in [0.15, 0.2) is 0 Å². The number of nitrogens with zero attached hydrogens (tertiary/aromatic N) is 1. The first-order valence-electron chi connectivity index (χ1n) is 5.62. The highest BCUT2D eigenvalue weighted by atomic mass is 16.2. The molecule has 0 rings (SSSR count). The SMILES string of the molecule is CC(CCCO)NCCN(C)C(C)C. The second-order valence-electron chi connectivity index (χ2n) is 4.30. The summed E-state index contributed by atoms with van der Waals surface area (Å²) in [5, 5.41) is 12.1. The number of hydrogen-bond donors (Lipinski definition) is 2. The third-order valence-electron chi connectivity index (χ3n) is 2.63. The first-order chi connectivity index (χ1) is 6.57. The molecular weight excluding hydrogens is 176 g/mol. The zero-order chi connectivity index (χ0) is 11.0. The van der Waals surface area contributed by atoms with Gasteiger partial charge in [-0.15, -0.1) is 0 Å². The first-order valence-corrected chi connectivity index (χ1v) is 5.62. The van der Waals surface area contributed by atoms with Crippen LogP contribution in [0.25, 0.3) is 0 Å². The lowest BCUT2D eigenvalue weighted by atomic mass is 10.2. The van der Waals surface area contributed by atoms with Crippen molar-refractivity contribution in [1.82, 2.24) is 10.2 Å². The highest BCUT2D eigenvalue weighted by Crippen LogP contribution is 1.95. The summed E-state index contributed by atoms with van der Waals surface area (Å²) in [5.41, 5.74) is 0. The van der Waals surface area contributed by atoms with Crippen molar-refractivity contribution in [2.75, 3.05) is 26.7 Å². The maximum Gasteiger partial charge on any atom is 0.0431 e. The minimum Gasteiger partial charge on any atom is -0.396 e. The molecule has 86 valence electrons. The first kappa shape index (κ1) is 13.9. The fourth-order valence-electron chi connectivity index (χ4n) is 1.25. The van der Waals surface area contributed by atoms with Crippen LogP contribution in [0.1, 0.15) is 33.6 Å². The van der Waals surface area contributed by atoms with Gasteiger partial charge in [-0.05, 0) is 40.7 Å². The fraction of sp³-hybridized carbons (Fsp3) is 1.00. The van der Waals surface area contributed by atoms with Gasteiger partial charge in [-0.25, -0.2) is 0 Å². The molecular formula is C11H26N2O. The van der Waals surface area contributed by atoms with Gasteiger partial charge in [0.15, 0.2) is 0 Å². The standard InChI is InChI=1S/C11H26N2O/c1-10(2)13(4)8-7-12-11(3)6-5-9-14/h10-12,14H,5-9H2,1-4H3. The van der Waals surface area contributed by atoms with Gasteiger partial charge in [0.05, 0.1) is 0 Å². The van der Waals surface area contributed by atoms with Crippen LogP contribution in [0.3, 0.4) is 0 Å². The molecule has 1 atom stereocenters. The van der Waals surface area contributed by atoms with Crippen LogP contribution < -0.4 is 5.32 Å². The van der Waals surface area contributed by atoms with Crippen LogP contribution in [0.5, 0.6) is 0 Å². The van der Waals surface area contributed by atoms with E-state index < -0.39 is 0 Å². The second-order valence-corrected chi connectivity index (χ2v) is 4.30. The smallest absolute Gasteiger partial charge is 0.0431 e. The van der Waals surface area contributed by atoms with Crippen molar-refractivity contribution in [3.05, 3.63) is 0 Å². The molecule has 0 aliphatic carbocycles. The third kappa shape index (κ3) is 7.30. The molecule has 3 nitrogen and oxygen atoms in total. The van der Waals surface area contributed by atoms with Gasteiger partial charge in [0.2, 0.25) is 0 Å². The number of hydrogen-bond acceptors (Lipinski definition) is 3. The Morgan fingerprint density at radius 2 is 1.93 bits per heavy atom. The Labute approximate surface area is 88.5 Å². The number of aliphatic hydroxyl groups is 1. The van der Waals surface area contributed by atoms with E-state index in [0.29, 0.717) is 18.7 Å². The fourth-order valence-corrected chi connectivity index (χ4v) is 1.25. The van der Waals surface area contributed by atoms with Gasteiger partial charge >= 0.3 is 0 Å². The molecule has 0 bridgehead atoms. The minimum absolute atomic E-state index is 0.303. The van der Waals surface area contributed by atoms with E-state index in [1.165, 1.54) is 0 Å². The maximum absolute atomic E-state index is 8.67. The molecule has 0 aromatic carbocycles. The van der Waals surface area contributed by atoms with Crippen molar-refractivity contribution in [2.24, 2.45) is 0 Å². The topological polar surface area (TPSA) is 35.5 Å². The zero-order valence-corrected chi connectivity index (χ0v) is 10.1. The minimum atomic E-state index is 0.303. The lowest BCUT2D eigenvalue weighted by Crippen LogP contribution is -2.37. The van der Waals surface area contributed by atoms with E-state index in [2.05, 4.69) is 38.0 Å². The average Bonchev–Trinajstić information content (AvgIpc) is 2.14. The highest BCUT2D eigenvalue weighted by molar-refractivity contribution is 4.63. The van der Waals surface area contributed by atoms with Gasteiger partial charge in [-0.1, -0.05) is 0 Å². The quantitative estimate of drug-likeness (QED) is 0.618. The van der Waals surface area contributed by atoms with Crippen LogP contribution in [0.4, 0.5) is 0 Å². The molecule has 0 aromatic rings. The van der Waals surface area contributed by atoms with E-state index in [1.54, 1.807) is 0 Å². The van der Waals surface area contributed by atoms with E-state index in [0.717, 1.165) is 25.9 Å². The lowest BCUT2D eigenvalue weighted by molar-refractivity contribution is 0.260. The molecule has 0 saturated carbocycles. The number of aliphatic hydroxyl groups excluding tert-OH is 1. The summed E-state index contributed by atoms with van der Waals surface area (Å²) in [6, 6.07) is 1.13. The van der Waals surface area contributed by atoms with Crippen LogP contribution >= 0.6 is 0 Å². The van der Waals surface area contributed by atoms with Crippen LogP contribution in [-0.2, 0) is 0 Å². The van der Waals surface area contributed by atoms with Crippen molar-refractivity contribution in [3.8, 4) is 0 Å². The molecule has 0 aliphatic heterocycles. The van der Waals surface area contributed by atoms with Gasteiger partial charge in [0, 0.05) is 31.8 Å². The largest absolute Gasteiger partial charge is 0.396 e. The third-order valence-corrected chi connectivity index (χ3v) is 2.63. The Morgan fingerprint density at radius 3 is 2.43 bits per heavy atom. The van der Waals surface area contributed by atoms with Gasteiger partial charge in [0.25, 0.3) is 0 Å². The Kier molecular flexibility index (Phi) is 8.14. The summed E-state index contributed by atoms with van der Waals surface area (Å²) in [6.45, 7) is 9.00. The van der Waals surface area contributed by atoms with Crippen molar-refractivity contribution in [3.63, 3.8) is 0 Å². The highest BCUT2D eigenvalue weighted by Gasteiger charge is 2.04. The molecule has 0 heterocycles. The van der Waals surface area contributed by atoms with Crippen molar-refractivity contribution in [1.29, 1.82) is 0 Å². The monoisotopic (exact) mass is 202 g/mol. The molecule has 0 aromatic heterocycles. The van der Waals surface area contributed by atoms with E-state index in [4.69, 9.17) is 5.11 Å². The van der Waals surface area contributed by atoms with E-state index in [1.807, 2.05) is 0 Å². The number of rotatable bonds is 8. The molecule has 0 fully saturated rings. The molecule has 1 unspecified atom stereocenters. The Balaban J connectivity index is 3.34. The van der Waals surface area contributed by atoms with E-state index in [-0.39, 0.29) is 0 Å². The Hall–Kier alpha value is -0.120. The van der Waals surface area contributed by atoms with Crippen LogP contribution in [0.2, 0.25) is 0 Å². The molecule has 0 aliphatic rings. The molecule has 0 amide bonds. The molecule has 0 saturated heterocycles. The molecule has 0 spiro atoms. The summed E-state index contributed by atoms with van der Waals surface area (Å²) in [7, 11) is 2.14. The Morgan fingerprint density at radius 1 is 1.29 bits per heavy atom. The summed E-state index contributed by atoms with van der Waals surface area (Å²) in [4.78, 5) is 2.33. The number of nitrogens with one attached hydrogen (secondary N) is 1. The van der Waals surface area contributed by atoms with Crippen molar-refractivity contribution in [2.45, 2.75) is 45.7 Å². The molecule has 14 heavy (non-hydrogen) atoms. The zero-order valence-electron chi connectivity index (χ0n) is 10.1. The van der Waals surface area contributed by atoms with Gasteiger partial charge in [-0.2, -0.15) is 0 Å². The summed E-state index contributed by atoms with van der Waals surface area (Å²) >= 11 is 0. The summed E-state index contributed by atoms with van der Waals surface area (Å²) < 4.78 is 0. The van der Waals surface area contributed by atoms with E-state index in [9.17, 15) is 0 Å². The predicted molar refractivity (Wildman–Crippen MR) is 61.6 cm³/mol. The normalized spacial score (nSPS) is 13.9. The predicted octanol–water partition coefficient (Wildman–Crippen LogP) is 1.08. The van der Waals surface area contributed by atoms with E-state index >= 15 is 0 Å². The molecule has 0 radical (unpaired) electrons. The second kappa shape index (κ2) is 8.21. The van der Waals surface area contributed by atoms with Gasteiger partial charge in [-0.3, -0.25) is 0 Å². The average molecular weight is 202 g/mol. The van der Waals surface area contributed by atoms with Crippen LogP contribution in [0, 0.1) is 0 Å². The van der Waals surface area contributed by atoms with Gasteiger partial charge < -0.3 is 15.3 Å².